The van der Waals surface area contributed by atoms with Crippen molar-refractivity contribution in [2.45, 2.75) is 13.5 Å². The minimum absolute atomic E-state index is 0.160. The van der Waals surface area contributed by atoms with Crippen LogP contribution in [0.15, 0.2) is 60.8 Å². The minimum Gasteiger partial charge on any atom is -0.347 e. The standard InChI is InChI=1S/C19H17FN4O/c1-13-6-8-14(9-7-13)12-22-18(25)17-10-11-21-19(24-17)23-16-5-3-2-4-15(16)20/h2-11H,12H2,1H3,(H,22,25)(H,21,23,24). The van der Waals surface area contributed by atoms with Gasteiger partial charge in [0.05, 0.1) is 5.69 Å². The molecule has 2 aromatic carbocycles. The number of benzene rings is 2. The SMILES string of the molecule is Cc1ccc(CNC(=O)c2ccnc(Nc3ccccc3F)n2)cc1. The Labute approximate surface area is 145 Å². The molecule has 1 aromatic heterocycles. The second-order valence-electron chi connectivity index (χ2n) is 5.54. The van der Waals surface area contributed by atoms with Crippen molar-refractivity contribution in [3.63, 3.8) is 0 Å². The second kappa shape index (κ2) is 7.53. The topological polar surface area (TPSA) is 66.9 Å². The number of rotatable bonds is 5. The van der Waals surface area contributed by atoms with Crippen molar-refractivity contribution in [3.05, 3.63) is 83.4 Å². The lowest BCUT2D eigenvalue weighted by Crippen LogP contribution is -2.24. The molecule has 126 valence electrons. The molecule has 0 spiro atoms. The van der Waals surface area contributed by atoms with Gasteiger partial charge in [-0.05, 0) is 30.7 Å². The molecule has 0 aliphatic carbocycles. The molecule has 0 atom stereocenters. The number of amides is 1. The van der Waals surface area contributed by atoms with Gasteiger partial charge in [0, 0.05) is 12.7 Å². The van der Waals surface area contributed by atoms with Crippen LogP contribution < -0.4 is 10.6 Å². The van der Waals surface area contributed by atoms with Gasteiger partial charge in [-0.1, -0.05) is 42.0 Å². The van der Waals surface area contributed by atoms with Crippen LogP contribution in [0.5, 0.6) is 0 Å². The molecule has 0 radical (unpaired) electrons. The Hall–Kier alpha value is -3.28. The third kappa shape index (κ3) is 4.38. The molecule has 0 aliphatic rings. The molecule has 3 aromatic rings. The zero-order valence-corrected chi connectivity index (χ0v) is 13.7. The maximum atomic E-state index is 13.7. The zero-order chi connectivity index (χ0) is 17.6. The fourth-order valence-corrected chi connectivity index (χ4v) is 2.21. The second-order valence-corrected chi connectivity index (χ2v) is 5.54. The normalized spacial score (nSPS) is 10.3. The first-order chi connectivity index (χ1) is 12.1. The van der Waals surface area contributed by atoms with Crippen LogP contribution in [0.25, 0.3) is 0 Å². The van der Waals surface area contributed by atoms with E-state index in [1.807, 2.05) is 31.2 Å². The highest BCUT2D eigenvalue weighted by Gasteiger charge is 2.10. The van der Waals surface area contributed by atoms with Crippen molar-refractivity contribution in [1.29, 1.82) is 0 Å². The summed E-state index contributed by atoms with van der Waals surface area (Å²) in [6.07, 6.45) is 1.46. The van der Waals surface area contributed by atoms with Crippen molar-refractivity contribution >= 4 is 17.5 Å². The largest absolute Gasteiger partial charge is 0.347 e. The van der Waals surface area contributed by atoms with E-state index in [2.05, 4.69) is 20.6 Å². The summed E-state index contributed by atoms with van der Waals surface area (Å²) in [5.41, 5.74) is 2.62. The van der Waals surface area contributed by atoms with Gasteiger partial charge >= 0.3 is 0 Å². The number of carbonyl (C=O) groups excluding carboxylic acids is 1. The number of nitrogens with one attached hydrogen (secondary N) is 2. The van der Waals surface area contributed by atoms with Crippen LogP contribution >= 0.6 is 0 Å². The average Bonchev–Trinajstić information content (AvgIpc) is 2.63. The fraction of sp³-hybridized carbons (Fsp3) is 0.105. The van der Waals surface area contributed by atoms with Gasteiger partial charge in [0.1, 0.15) is 11.5 Å². The molecule has 25 heavy (non-hydrogen) atoms. The van der Waals surface area contributed by atoms with E-state index in [1.54, 1.807) is 18.2 Å². The number of halogens is 1. The Morgan fingerprint density at radius 1 is 1.08 bits per heavy atom. The predicted octanol–water partition coefficient (Wildman–Crippen LogP) is 3.60. The lowest BCUT2D eigenvalue weighted by atomic mass is 10.1. The average molecular weight is 336 g/mol. The zero-order valence-electron chi connectivity index (χ0n) is 13.7. The summed E-state index contributed by atoms with van der Waals surface area (Å²) in [4.78, 5) is 20.4. The maximum absolute atomic E-state index is 13.7. The van der Waals surface area contributed by atoms with E-state index < -0.39 is 5.82 Å². The first-order valence-electron chi connectivity index (χ1n) is 7.80. The molecular weight excluding hydrogens is 319 g/mol. The van der Waals surface area contributed by atoms with Crippen molar-refractivity contribution in [2.75, 3.05) is 5.32 Å². The maximum Gasteiger partial charge on any atom is 0.270 e. The number of hydrogen-bond donors (Lipinski definition) is 2. The molecule has 1 amide bonds. The minimum atomic E-state index is -0.416. The first-order valence-corrected chi connectivity index (χ1v) is 7.80. The summed E-state index contributed by atoms with van der Waals surface area (Å²) in [6.45, 7) is 2.41. The van der Waals surface area contributed by atoms with Gasteiger partial charge in [-0.2, -0.15) is 0 Å². The van der Waals surface area contributed by atoms with Gasteiger partial charge in [0.2, 0.25) is 5.95 Å². The Morgan fingerprint density at radius 2 is 1.84 bits per heavy atom. The van der Waals surface area contributed by atoms with Gasteiger partial charge in [0.15, 0.2) is 0 Å². The Morgan fingerprint density at radius 3 is 2.60 bits per heavy atom. The number of anilines is 2. The Kier molecular flexibility index (Phi) is 4.99. The summed E-state index contributed by atoms with van der Waals surface area (Å²) >= 11 is 0. The molecular formula is C19H17FN4O. The van der Waals surface area contributed by atoms with Gasteiger partial charge in [-0.15, -0.1) is 0 Å². The van der Waals surface area contributed by atoms with Gasteiger partial charge in [-0.3, -0.25) is 4.79 Å². The number of carbonyl (C=O) groups is 1. The third-order valence-corrected chi connectivity index (χ3v) is 3.58. The molecule has 5 nitrogen and oxygen atoms in total. The summed E-state index contributed by atoms with van der Waals surface area (Å²) in [6, 6.07) is 15.6. The van der Waals surface area contributed by atoms with E-state index >= 15 is 0 Å². The van der Waals surface area contributed by atoms with E-state index in [-0.39, 0.29) is 23.2 Å². The molecule has 3 rings (SSSR count). The summed E-state index contributed by atoms with van der Waals surface area (Å²) in [7, 11) is 0. The van der Waals surface area contributed by atoms with Crippen LogP contribution in [-0.2, 0) is 6.54 Å². The predicted molar refractivity (Wildman–Crippen MR) is 94.1 cm³/mol. The van der Waals surface area contributed by atoms with Crippen LogP contribution in [0.4, 0.5) is 16.0 Å². The molecule has 0 unspecified atom stereocenters. The summed E-state index contributed by atoms with van der Waals surface area (Å²) < 4.78 is 13.7. The highest BCUT2D eigenvalue weighted by atomic mass is 19.1. The van der Waals surface area contributed by atoms with Gasteiger partial charge in [-0.25, -0.2) is 14.4 Å². The van der Waals surface area contributed by atoms with E-state index in [9.17, 15) is 9.18 Å². The Balaban J connectivity index is 1.67. The molecule has 0 aliphatic heterocycles. The number of para-hydroxylation sites is 1. The van der Waals surface area contributed by atoms with Crippen LogP contribution in [-0.4, -0.2) is 15.9 Å². The number of aryl methyl sites for hydroxylation is 1. The highest BCUT2D eigenvalue weighted by molar-refractivity contribution is 5.92. The molecule has 0 saturated carbocycles. The molecule has 2 N–H and O–H groups in total. The van der Waals surface area contributed by atoms with E-state index in [0.717, 1.165) is 11.1 Å². The van der Waals surface area contributed by atoms with Crippen LogP contribution in [0.2, 0.25) is 0 Å². The summed E-state index contributed by atoms with van der Waals surface area (Å²) in [5.74, 6) is -0.576. The lowest BCUT2D eigenvalue weighted by Gasteiger charge is -2.08. The monoisotopic (exact) mass is 336 g/mol. The lowest BCUT2D eigenvalue weighted by molar-refractivity contribution is 0.0946. The van der Waals surface area contributed by atoms with Crippen molar-refractivity contribution in [3.8, 4) is 0 Å². The van der Waals surface area contributed by atoms with Crippen molar-refractivity contribution < 1.29 is 9.18 Å². The van der Waals surface area contributed by atoms with Crippen molar-refractivity contribution in [1.82, 2.24) is 15.3 Å². The molecule has 0 saturated heterocycles. The number of aromatic nitrogens is 2. The molecule has 0 fully saturated rings. The van der Waals surface area contributed by atoms with Gasteiger partial charge < -0.3 is 10.6 Å². The van der Waals surface area contributed by atoms with Crippen molar-refractivity contribution in [2.24, 2.45) is 0 Å². The van der Waals surface area contributed by atoms with E-state index in [4.69, 9.17) is 0 Å². The fourth-order valence-electron chi connectivity index (χ4n) is 2.21. The molecule has 6 heteroatoms. The molecule has 1 heterocycles. The number of nitrogens with zero attached hydrogens (tertiary/aromatic N) is 2. The first kappa shape index (κ1) is 16.6. The number of hydrogen-bond acceptors (Lipinski definition) is 4. The van der Waals surface area contributed by atoms with Crippen LogP contribution in [0.3, 0.4) is 0 Å². The summed E-state index contributed by atoms with van der Waals surface area (Å²) in [5, 5.41) is 5.58. The third-order valence-electron chi connectivity index (χ3n) is 3.58. The quantitative estimate of drug-likeness (QED) is 0.747. The van der Waals surface area contributed by atoms with E-state index in [0.29, 0.717) is 6.54 Å². The van der Waals surface area contributed by atoms with Crippen LogP contribution in [0.1, 0.15) is 21.6 Å². The van der Waals surface area contributed by atoms with Gasteiger partial charge in [0.25, 0.3) is 5.91 Å². The molecule has 0 bridgehead atoms. The highest BCUT2D eigenvalue weighted by Crippen LogP contribution is 2.16. The Bertz CT molecular complexity index is 881. The van der Waals surface area contributed by atoms with Crippen LogP contribution in [0, 0.1) is 12.7 Å². The smallest absolute Gasteiger partial charge is 0.270 e. The van der Waals surface area contributed by atoms with E-state index in [1.165, 1.54) is 18.3 Å².